The third-order valence-electron chi connectivity index (χ3n) is 3.93. The van der Waals surface area contributed by atoms with Crippen LogP contribution in [-0.2, 0) is 9.84 Å². The molecule has 0 aromatic carbocycles. The van der Waals surface area contributed by atoms with Crippen LogP contribution in [0.25, 0.3) is 0 Å². The van der Waals surface area contributed by atoms with Gasteiger partial charge >= 0.3 is 0 Å². The number of hydrogen-bond donors (Lipinski definition) is 0. The molecule has 2 fully saturated rings. The summed E-state index contributed by atoms with van der Waals surface area (Å²) in [5.74, 6) is 0.612. The zero-order valence-electron chi connectivity index (χ0n) is 9.73. The monoisotopic (exact) mass is 309 g/mol. The van der Waals surface area contributed by atoms with Crippen molar-refractivity contribution >= 4 is 25.8 Å². The third-order valence-corrected chi connectivity index (χ3v) is 6.36. The first-order valence-electron chi connectivity index (χ1n) is 6.12. The van der Waals surface area contributed by atoms with Gasteiger partial charge in [0, 0.05) is 29.2 Å². The molecule has 0 spiro atoms. The number of sulfone groups is 1. The van der Waals surface area contributed by atoms with Crippen molar-refractivity contribution in [3.05, 3.63) is 0 Å². The van der Waals surface area contributed by atoms with Gasteiger partial charge in [0.15, 0.2) is 9.84 Å². The van der Waals surface area contributed by atoms with Crippen LogP contribution in [0.4, 0.5) is 0 Å². The molecular formula is C11H20BrNO2S. The summed E-state index contributed by atoms with van der Waals surface area (Å²) in [7, 11) is -2.80. The van der Waals surface area contributed by atoms with Crippen LogP contribution in [0.2, 0.25) is 0 Å². The first kappa shape index (κ1) is 12.8. The fourth-order valence-electron chi connectivity index (χ4n) is 2.96. The molecule has 94 valence electrons. The molecule has 0 aromatic heterocycles. The van der Waals surface area contributed by atoms with Crippen molar-refractivity contribution in [2.24, 2.45) is 0 Å². The maximum Gasteiger partial charge on any atom is 0.151 e. The highest BCUT2D eigenvalue weighted by Crippen LogP contribution is 2.38. The first-order valence-corrected chi connectivity index (χ1v) is 8.86. The standard InChI is InChI=1S/C11H20BrNO2S/c1-2-16(14,15)6-5-13-10-3-4-11(13)8-9(12)7-10/h9-11H,2-8H2,1H3. The van der Waals surface area contributed by atoms with E-state index in [0.717, 1.165) is 6.54 Å². The van der Waals surface area contributed by atoms with Crippen molar-refractivity contribution in [3.63, 3.8) is 0 Å². The fourth-order valence-corrected chi connectivity index (χ4v) is 4.60. The van der Waals surface area contributed by atoms with Gasteiger partial charge in [-0.05, 0) is 25.7 Å². The van der Waals surface area contributed by atoms with E-state index in [1.807, 2.05) is 0 Å². The van der Waals surface area contributed by atoms with E-state index in [2.05, 4.69) is 20.8 Å². The Bertz CT molecular complexity index is 330. The molecule has 2 heterocycles. The van der Waals surface area contributed by atoms with Crippen LogP contribution >= 0.6 is 15.9 Å². The molecule has 0 saturated carbocycles. The summed E-state index contributed by atoms with van der Waals surface area (Å²) < 4.78 is 23.0. The average Bonchev–Trinajstić information content (AvgIpc) is 2.47. The molecule has 0 N–H and O–H groups in total. The summed E-state index contributed by atoms with van der Waals surface area (Å²) >= 11 is 3.70. The van der Waals surface area contributed by atoms with Gasteiger partial charge in [0.1, 0.15) is 0 Å². The molecule has 2 aliphatic heterocycles. The van der Waals surface area contributed by atoms with Gasteiger partial charge in [-0.25, -0.2) is 8.42 Å². The van der Waals surface area contributed by atoms with Crippen LogP contribution in [0.3, 0.4) is 0 Å². The molecule has 2 saturated heterocycles. The molecule has 3 nitrogen and oxygen atoms in total. The lowest BCUT2D eigenvalue weighted by molar-refractivity contribution is 0.155. The summed E-state index contributed by atoms with van der Waals surface area (Å²) in [4.78, 5) is 3.08. The van der Waals surface area contributed by atoms with Crippen molar-refractivity contribution in [2.75, 3.05) is 18.1 Å². The quantitative estimate of drug-likeness (QED) is 0.743. The van der Waals surface area contributed by atoms with Crippen molar-refractivity contribution in [1.82, 2.24) is 4.90 Å². The van der Waals surface area contributed by atoms with E-state index in [-0.39, 0.29) is 5.75 Å². The van der Waals surface area contributed by atoms with Gasteiger partial charge in [-0.15, -0.1) is 0 Å². The van der Waals surface area contributed by atoms with Crippen molar-refractivity contribution in [1.29, 1.82) is 0 Å². The maximum atomic E-state index is 11.5. The second-order valence-electron chi connectivity index (χ2n) is 4.93. The third kappa shape index (κ3) is 2.79. The van der Waals surface area contributed by atoms with Crippen molar-refractivity contribution in [3.8, 4) is 0 Å². The number of halogens is 1. The predicted octanol–water partition coefficient (Wildman–Crippen LogP) is 1.81. The minimum atomic E-state index is -2.80. The Balaban J connectivity index is 1.92. The van der Waals surface area contributed by atoms with Crippen LogP contribution in [0.5, 0.6) is 0 Å². The normalized spacial score (nSPS) is 35.5. The van der Waals surface area contributed by atoms with Gasteiger partial charge in [-0.1, -0.05) is 22.9 Å². The molecule has 2 rings (SSSR count). The molecule has 0 amide bonds. The van der Waals surface area contributed by atoms with E-state index < -0.39 is 9.84 Å². The zero-order valence-corrected chi connectivity index (χ0v) is 12.1. The van der Waals surface area contributed by atoms with Gasteiger partial charge in [-0.3, -0.25) is 4.90 Å². The van der Waals surface area contributed by atoms with E-state index in [9.17, 15) is 8.42 Å². The van der Waals surface area contributed by atoms with Crippen LogP contribution in [0, 0.1) is 0 Å². The summed E-state index contributed by atoms with van der Waals surface area (Å²) in [6, 6.07) is 1.24. The average molecular weight is 310 g/mol. The minimum absolute atomic E-state index is 0.275. The number of nitrogens with zero attached hydrogens (tertiary/aromatic N) is 1. The van der Waals surface area contributed by atoms with Gasteiger partial charge < -0.3 is 0 Å². The van der Waals surface area contributed by atoms with Gasteiger partial charge in [0.05, 0.1) is 5.75 Å². The Morgan fingerprint density at radius 2 is 1.81 bits per heavy atom. The predicted molar refractivity (Wildman–Crippen MR) is 69.8 cm³/mol. The maximum absolute atomic E-state index is 11.5. The van der Waals surface area contributed by atoms with Crippen molar-refractivity contribution in [2.45, 2.75) is 49.5 Å². The highest BCUT2D eigenvalue weighted by Gasteiger charge is 2.39. The molecule has 2 unspecified atom stereocenters. The topological polar surface area (TPSA) is 37.4 Å². The molecule has 0 radical (unpaired) electrons. The number of fused-ring (bicyclic) bond motifs is 2. The molecule has 16 heavy (non-hydrogen) atoms. The van der Waals surface area contributed by atoms with E-state index in [0.29, 0.717) is 22.7 Å². The second-order valence-corrected chi connectivity index (χ2v) is 8.70. The summed E-state index contributed by atoms with van der Waals surface area (Å²) in [6.07, 6.45) is 4.86. The number of rotatable bonds is 4. The van der Waals surface area contributed by atoms with E-state index >= 15 is 0 Å². The van der Waals surface area contributed by atoms with E-state index in [1.165, 1.54) is 25.7 Å². The van der Waals surface area contributed by atoms with E-state index in [4.69, 9.17) is 0 Å². The van der Waals surface area contributed by atoms with Crippen molar-refractivity contribution < 1.29 is 8.42 Å². The lowest BCUT2D eigenvalue weighted by Crippen LogP contribution is -2.45. The van der Waals surface area contributed by atoms with Gasteiger partial charge in [-0.2, -0.15) is 0 Å². The van der Waals surface area contributed by atoms with Crippen LogP contribution in [-0.4, -0.2) is 48.3 Å². The highest BCUT2D eigenvalue weighted by molar-refractivity contribution is 9.09. The number of hydrogen-bond acceptors (Lipinski definition) is 3. The SMILES string of the molecule is CCS(=O)(=O)CCN1C2CCC1CC(Br)C2. The molecule has 0 aliphatic carbocycles. The molecular weight excluding hydrogens is 290 g/mol. The lowest BCUT2D eigenvalue weighted by Gasteiger charge is -2.37. The number of alkyl halides is 1. The molecule has 2 atom stereocenters. The molecule has 2 aliphatic rings. The summed E-state index contributed by atoms with van der Waals surface area (Å²) in [5.41, 5.74) is 0. The molecule has 5 heteroatoms. The van der Waals surface area contributed by atoms with Crippen LogP contribution in [0.15, 0.2) is 0 Å². The van der Waals surface area contributed by atoms with Crippen LogP contribution < -0.4 is 0 Å². The lowest BCUT2D eigenvalue weighted by atomic mass is 10.0. The Morgan fingerprint density at radius 3 is 2.31 bits per heavy atom. The Kier molecular flexibility index (Phi) is 3.97. The fraction of sp³-hybridized carbons (Fsp3) is 1.00. The Hall–Kier alpha value is 0.390. The Morgan fingerprint density at radius 1 is 1.25 bits per heavy atom. The highest BCUT2D eigenvalue weighted by atomic mass is 79.9. The molecule has 2 bridgehead atoms. The largest absolute Gasteiger partial charge is 0.296 e. The summed E-state index contributed by atoms with van der Waals surface area (Å²) in [6.45, 7) is 2.47. The zero-order chi connectivity index (χ0) is 11.8. The van der Waals surface area contributed by atoms with Gasteiger partial charge in [0.25, 0.3) is 0 Å². The second kappa shape index (κ2) is 4.94. The minimum Gasteiger partial charge on any atom is -0.296 e. The number of piperidine rings is 1. The summed E-state index contributed by atoms with van der Waals surface area (Å²) in [5, 5.41) is 0. The van der Waals surface area contributed by atoms with E-state index in [1.54, 1.807) is 6.92 Å². The Labute approximate surface area is 107 Å². The van der Waals surface area contributed by atoms with Gasteiger partial charge in [0.2, 0.25) is 0 Å². The molecule has 0 aromatic rings. The first-order chi connectivity index (χ1) is 7.52. The smallest absolute Gasteiger partial charge is 0.151 e. The van der Waals surface area contributed by atoms with Crippen LogP contribution in [0.1, 0.15) is 32.6 Å².